The number of benzene rings is 3. The van der Waals surface area contributed by atoms with Crippen molar-refractivity contribution in [3.05, 3.63) is 83.2 Å². The van der Waals surface area contributed by atoms with Crippen molar-refractivity contribution in [3.8, 4) is 11.5 Å². The van der Waals surface area contributed by atoms with Crippen LogP contribution in [0.15, 0.2) is 65.8 Å². The minimum atomic E-state index is -0.544. The van der Waals surface area contributed by atoms with E-state index in [2.05, 4.69) is 21.2 Å². The maximum Gasteiger partial charge on any atom is 0.262 e. The molecule has 3 aromatic rings. The van der Waals surface area contributed by atoms with Gasteiger partial charge in [0.2, 0.25) is 11.8 Å². The van der Waals surface area contributed by atoms with E-state index in [1.807, 2.05) is 32.0 Å². The SMILES string of the molecule is CCOc1cc(C=NNC(=O)CCC(=O)Nc2cccc(C)c2C)ccc1OCC(=O)Nc1ccccc1F. The summed E-state index contributed by atoms with van der Waals surface area (Å²) < 4.78 is 24.9. The average molecular weight is 535 g/mol. The molecule has 0 saturated heterocycles. The molecule has 0 saturated carbocycles. The Bertz CT molecular complexity index is 1360. The molecule has 0 fully saturated rings. The van der Waals surface area contributed by atoms with Gasteiger partial charge in [0.1, 0.15) is 5.82 Å². The number of ether oxygens (including phenoxy) is 2. The van der Waals surface area contributed by atoms with Crippen molar-refractivity contribution in [2.45, 2.75) is 33.6 Å². The lowest BCUT2D eigenvalue weighted by Gasteiger charge is -2.13. The van der Waals surface area contributed by atoms with Crippen LogP contribution in [0.5, 0.6) is 11.5 Å². The molecule has 0 aliphatic carbocycles. The zero-order chi connectivity index (χ0) is 28.2. The molecule has 0 aliphatic heterocycles. The van der Waals surface area contributed by atoms with Crippen LogP contribution in [0.25, 0.3) is 0 Å². The molecule has 0 aromatic heterocycles. The standard InChI is InChI=1S/C29H31FN4O5/c1-4-38-26-16-21(12-13-25(26)39-18-29(37)33-24-10-6-5-9-22(24)30)17-31-34-28(36)15-14-27(35)32-23-11-7-8-19(2)20(23)3/h5-13,16-17H,4,14-15,18H2,1-3H3,(H,32,35)(H,33,37)(H,34,36). The van der Waals surface area contributed by atoms with Crippen LogP contribution in [0.1, 0.15) is 36.5 Å². The van der Waals surface area contributed by atoms with E-state index in [1.54, 1.807) is 31.2 Å². The van der Waals surface area contributed by atoms with Crippen LogP contribution in [0.3, 0.4) is 0 Å². The summed E-state index contributed by atoms with van der Waals surface area (Å²) in [7, 11) is 0. The van der Waals surface area contributed by atoms with E-state index in [1.165, 1.54) is 24.4 Å². The van der Waals surface area contributed by atoms with Gasteiger partial charge in [-0.3, -0.25) is 14.4 Å². The van der Waals surface area contributed by atoms with Crippen LogP contribution >= 0.6 is 0 Å². The number of hydrogen-bond donors (Lipinski definition) is 3. The fourth-order valence-corrected chi connectivity index (χ4v) is 3.45. The molecule has 3 rings (SSSR count). The number of nitrogens with zero attached hydrogens (tertiary/aromatic N) is 1. The van der Waals surface area contributed by atoms with Gasteiger partial charge < -0.3 is 20.1 Å². The summed E-state index contributed by atoms with van der Waals surface area (Å²) in [6, 6.07) is 16.4. The maximum atomic E-state index is 13.7. The number of rotatable bonds is 12. The lowest BCUT2D eigenvalue weighted by molar-refractivity contribution is -0.124. The van der Waals surface area contributed by atoms with Gasteiger partial charge >= 0.3 is 0 Å². The van der Waals surface area contributed by atoms with E-state index >= 15 is 0 Å². The third kappa shape index (κ3) is 8.96. The van der Waals surface area contributed by atoms with Crippen molar-refractivity contribution in [2.24, 2.45) is 5.10 Å². The molecule has 0 radical (unpaired) electrons. The van der Waals surface area contributed by atoms with Crippen LogP contribution in [-0.2, 0) is 14.4 Å². The number of hydrogen-bond acceptors (Lipinski definition) is 6. The Morgan fingerprint density at radius 3 is 2.33 bits per heavy atom. The molecule has 0 aliphatic rings. The van der Waals surface area contributed by atoms with E-state index in [-0.39, 0.29) is 31.0 Å². The maximum absolute atomic E-state index is 13.7. The largest absolute Gasteiger partial charge is 0.490 e. The second-order valence-electron chi connectivity index (χ2n) is 8.54. The van der Waals surface area contributed by atoms with Gasteiger partial charge in [0.05, 0.1) is 18.5 Å². The number of halogens is 1. The lowest BCUT2D eigenvalue weighted by atomic mass is 10.1. The fraction of sp³-hybridized carbons (Fsp3) is 0.241. The molecule has 204 valence electrons. The van der Waals surface area contributed by atoms with Crippen LogP contribution < -0.4 is 25.5 Å². The lowest BCUT2D eigenvalue weighted by Crippen LogP contribution is -2.21. The quantitative estimate of drug-likeness (QED) is 0.229. The predicted octanol–water partition coefficient (Wildman–Crippen LogP) is 4.73. The van der Waals surface area contributed by atoms with E-state index in [0.717, 1.165) is 16.8 Å². The van der Waals surface area contributed by atoms with Gasteiger partial charge in [-0.2, -0.15) is 5.10 Å². The Morgan fingerprint density at radius 2 is 1.56 bits per heavy atom. The zero-order valence-corrected chi connectivity index (χ0v) is 22.0. The second kappa shape index (κ2) is 14.3. The summed E-state index contributed by atoms with van der Waals surface area (Å²) in [5.74, 6) is -1.06. The van der Waals surface area contributed by atoms with Crippen molar-refractivity contribution in [2.75, 3.05) is 23.8 Å². The molecule has 0 spiro atoms. The Kier molecular flexibility index (Phi) is 10.6. The van der Waals surface area contributed by atoms with Crippen LogP contribution in [0, 0.1) is 19.7 Å². The van der Waals surface area contributed by atoms with Crippen molar-refractivity contribution < 1.29 is 28.2 Å². The molecule has 0 unspecified atom stereocenters. The Hall–Kier alpha value is -4.73. The van der Waals surface area contributed by atoms with Crippen molar-refractivity contribution >= 4 is 35.3 Å². The van der Waals surface area contributed by atoms with E-state index in [9.17, 15) is 18.8 Å². The molecule has 3 aromatic carbocycles. The monoisotopic (exact) mass is 534 g/mol. The number of carbonyl (C=O) groups excluding carboxylic acids is 3. The molecular formula is C29H31FN4O5. The number of anilines is 2. The molecule has 3 amide bonds. The summed E-state index contributed by atoms with van der Waals surface area (Å²) in [4.78, 5) is 36.5. The van der Waals surface area contributed by atoms with E-state index < -0.39 is 17.6 Å². The molecule has 0 bridgehead atoms. The summed E-state index contributed by atoms with van der Waals surface area (Å²) >= 11 is 0. The first-order chi connectivity index (χ1) is 18.8. The number of aryl methyl sites for hydroxylation is 1. The second-order valence-corrected chi connectivity index (χ2v) is 8.54. The van der Waals surface area contributed by atoms with Gasteiger partial charge in [-0.05, 0) is 73.9 Å². The highest BCUT2D eigenvalue weighted by Crippen LogP contribution is 2.28. The molecule has 10 heteroatoms. The smallest absolute Gasteiger partial charge is 0.262 e. The minimum Gasteiger partial charge on any atom is -0.490 e. The Balaban J connectivity index is 1.49. The van der Waals surface area contributed by atoms with Gasteiger partial charge in [0.25, 0.3) is 5.91 Å². The Morgan fingerprint density at radius 1 is 0.846 bits per heavy atom. The topological polar surface area (TPSA) is 118 Å². The van der Waals surface area contributed by atoms with Gasteiger partial charge in [0.15, 0.2) is 18.1 Å². The molecule has 39 heavy (non-hydrogen) atoms. The third-order valence-electron chi connectivity index (χ3n) is 5.64. The van der Waals surface area contributed by atoms with Gasteiger partial charge in [-0.15, -0.1) is 0 Å². The first-order valence-corrected chi connectivity index (χ1v) is 12.4. The molecule has 9 nitrogen and oxygen atoms in total. The van der Waals surface area contributed by atoms with Crippen LogP contribution in [0.4, 0.5) is 15.8 Å². The number of nitrogens with one attached hydrogen (secondary N) is 3. The first kappa shape index (κ1) is 28.8. The van der Waals surface area contributed by atoms with Crippen molar-refractivity contribution in [1.29, 1.82) is 0 Å². The fourth-order valence-electron chi connectivity index (χ4n) is 3.45. The van der Waals surface area contributed by atoms with Gasteiger partial charge in [0, 0.05) is 18.5 Å². The van der Waals surface area contributed by atoms with Gasteiger partial charge in [-0.25, -0.2) is 9.82 Å². The highest BCUT2D eigenvalue weighted by Gasteiger charge is 2.12. The van der Waals surface area contributed by atoms with Crippen molar-refractivity contribution in [3.63, 3.8) is 0 Å². The summed E-state index contributed by atoms with van der Waals surface area (Å²) in [5.41, 5.74) is 5.84. The van der Waals surface area contributed by atoms with Crippen LogP contribution in [0.2, 0.25) is 0 Å². The number of carbonyl (C=O) groups is 3. The molecule has 0 heterocycles. The first-order valence-electron chi connectivity index (χ1n) is 12.4. The third-order valence-corrected chi connectivity index (χ3v) is 5.64. The van der Waals surface area contributed by atoms with E-state index in [0.29, 0.717) is 23.7 Å². The number of para-hydroxylation sites is 1. The Labute approximate surface area is 226 Å². The molecule has 0 atom stereocenters. The summed E-state index contributed by atoms with van der Waals surface area (Å²) in [6.07, 6.45) is 1.41. The normalized spacial score (nSPS) is 10.7. The van der Waals surface area contributed by atoms with Gasteiger partial charge in [-0.1, -0.05) is 24.3 Å². The molecular weight excluding hydrogens is 503 g/mol. The van der Waals surface area contributed by atoms with Crippen LogP contribution in [-0.4, -0.2) is 37.1 Å². The predicted molar refractivity (Wildman–Crippen MR) is 148 cm³/mol. The summed E-state index contributed by atoms with van der Waals surface area (Å²) in [5, 5.41) is 9.21. The van der Waals surface area contributed by atoms with Crippen molar-refractivity contribution in [1.82, 2.24) is 5.43 Å². The highest BCUT2D eigenvalue weighted by atomic mass is 19.1. The minimum absolute atomic E-state index is 0.0136. The number of hydrazone groups is 1. The zero-order valence-electron chi connectivity index (χ0n) is 22.0. The highest BCUT2D eigenvalue weighted by molar-refractivity contribution is 5.94. The summed E-state index contributed by atoms with van der Waals surface area (Å²) in [6.45, 7) is 5.68. The van der Waals surface area contributed by atoms with E-state index in [4.69, 9.17) is 9.47 Å². The average Bonchev–Trinajstić information content (AvgIpc) is 2.91. The molecule has 3 N–H and O–H groups in total. The number of amides is 3.